The molecule has 1 amide bonds. The van der Waals surface area contributed by atoms with Crippen LogP contribution in [0, 0.1) is 18.3 Å². The molecule has 0 unspecified atom stereocenters. The maximum absolute atomic E-state index is 11.6. The first-order valence-corrected chi connectivity index (χ1v) is 5.07. The third-order valence-electron chi connectivity index (χ3n) is 2.67. The van der Waals surface area contributed by atoms with Gasteiger partial charge in [-0.2, -0.15) is 0 Å². The second-order valence-electron chi connectivity index (χ2n) is 3.83. The largest absolute Gasteiger partial charge is 0.337 e. The lowest BCUT2D eigenvalue weighted by Crippen LogP contribution is -2.24. The lowest BCUT2D eigenvalue weighted by molar-refractivity contribution is -0.128. The van der Waals surface area contributed by atoms with E-state index in [1.807, 2.05) is 35.2 Å². The number of amides is 1. The van der Waals surface area contributed by atoms with E-state index in [-0.39, 0.29) is 11.8 Å². The summed E-state index contributed by atoms with van der Waals surface area (Å²) in [7, 11) is 0. The molecule has 1 aromatic carbocycles. The summed E-state index contributed by atoms with van der Waals surface area (Å²) in [5, 5.41) is 0. The second kappa shape index (κ2) is 4.18. The highest BCUT2D eigenvalue weighted by Crippen LogP contribution is 2.19. The van der Waals surface area contributed by atoms with Crippen molar-refractivity contribution >= 4 is 5.91 Å². The Morgan fingerprint density at radius 3 is 2.73 bits per heavy atom. The molecular weight excluding hydrogens is 186 g/mol. The fraction of sp³-hybridized carbons (Fsp3) is 0.308. The summed E-state index contributed by atoms with van der Waals surface area (Å²) in [6.07, 6.45) is 5.83. The molecule has 1 aromatic rings. The number of hydrogen-bond donors (Lipinski definition) is 0. The zero-order valence-corrected chi connectivity index (χ0v) is 8.52. The van der Waals surface area contributed by atoms with E-state index in [4.69, 9.17) is 6.42 Å². The molecule has 1 atom stereocenters. The molecule has 1 saturated heterocycles. The maximum atomic E-state index is 11.6. The highest BCUT2D eigenvalue weighted by atomic mass is 16.2. The van der Waals surface area contributed by atoms with Gasteiger partial charge in [-0.1, -0.05) is 30.3 Å². The average Bonchev–Trinajstić information content (AvgIpc) is 2.61. The molecule has 2 nitrogen and oxygen atoms in total. The van der Waals surface area contributed by atoms with Crippen molar-refractivity contribution in [1.82, 2.24) is 4.90 Å². The minimum Gasteiger partial charge on any atom is -0.337 e. The van der Waals surface area contributed by atoms with E-state index in [1.54, 1.807) is 0 Å². The zero-order chi connectivity index (χ0) is 10.7. The number of likely N-dealkylation sites (tertiary alicyclic amines) is 1. The Hall–Kier alpha value is -1.75. The quantitative estimate of drug-likeness (QED) is 0.663. The van der Waals surface area contributed by atoms with Crippen LogP contribution in [0.1, 0.15) is 12.0 Å². The molecule has 0 bridgehead atoms. The zero-order valence-electron chi connectivity index (χ0n) is 8.52. The van der Waals surface area contributed by atoms with Crippen LogP contribution < -0.4 is 0 Å². The van der Waals surface area contributed by atoms with E-state index < -0.39 is 0 Å². The van der Waals surface area contributed by atoms with Gasteiger partial charge in [0.15, 0.2) is 0 Å². The van der Waals surface area contributed by atoms with Gasteiger partial charge >= 0.3 is 0 Å². The number of benzene rings is 1. The SMILES string of the molecule is C#C[C@@H]1CC(=O)N(Cc2ccccc2)C1. The number of carbonyl (C=O) groups is 1. The van der Waals surface area contributed by atoms with Crippen molar-refractivity contribution in [3.8, 4) is 12.3 Å². The lowest BCUT2D eigenvalue weighted by atomic mass is 10.1. The Morgan fingerprint density at radius 2 is 2.13 bits per heavy atom. The van der Waals surface area contributed by atoms with Gasteiger partial charge in [-0.25, -0.2) is 0 Å². The van der Waals surface area contributed by atoms with Crippen molar-refractivity contribution < 1.29 is 4.79 Å². The molecule has 1 heterocycles. The second-order valence-corrected chi connectivity index (χ2v) is 3.83. The van der Waals surface area contributed by atoms with Crippen molar-refractivity contribution in [3.63, 3.8) is 0 Å². The first-order valence-electron chi connectivity index (χ1n) is 5.07. The lowest BCUT2D eigenvalue weighted by Gasteiger charge is -2.15. The van der Waals surface area contributed by atoms with Gasteiger partial charge in [0.05, 0.1) is 0 Å². The summed E-state index contributed by atoms with van der Waals surface area (Å²) < 4.78 is 0. The summed E-state index contributed by atoms with van der Waals surface area (Å²) in [4.78, 5) is 13.4. The molecule has 0 N–H and O–H groups in total. The normalized spacial score (nSPS) is 20.3. The summed E-state index contributed by atoms with van der Waals surface area (Å²) in [6.45, 7) is 1.38. The van der Waals surface area contributed by atoms with Crippen LogP contribution in [-0.4, -0.2) is 17.4 Å². The summed E-state index contributed by atoms with van der Waals surface area (Å²) in [5.74, 6) is 2.91. The fourth-order valence-electron chi connectivity index (χ4n) is 1.84. The molecule has 0 spiro atoms. The first-order chi connectivity index (χ1) is 7.29. The minimum atomic E-state index is 0.0983. The first kappa shape index (κ1) is 9.79. The minimum absolute atomic E-state index is 0.0983. The number of carbonyl (C=O) groups excluding carboxylic acids is 1. The number of rotatable bonds is 2. The molecule has 0 aliphatic carbocycles. The molecular formula is C13H13NO. The molecule has 1 fully saturated rings. The predicted molar refractivity (Wildman–Crippen MR) is 58.8 cm³/mol. The Bertz CT molecular complexity index is 391. The summed E-state index contributed by atoms with van der Waals surface area (Å²) >= 11 is 0. The third-order valence-corrected chi connectivity index (χ3v) is 2.67. The van der Waals surface area contributed by atoms with Crippen molar-refractivity contribution in [3.05, 3.63) is 35.9 Å². The molecule has 1 aliphatic heterocycles. The van der Waals surface area contributed by atoms with Gasteiger partial charge in [-0.05, 0) is 5.56 Å². The van der Waals surface area contributed by atoms with Crippen molar-refractivity contribution in [2.45, 2.75) is 13.0 Å². The molecule has 0 radical (unpaired) electrons. The molecule has 0 saturated carbocycles. The summed E-state index contributed by atoms with van der Waals surface area (Å²) in [5.41, 5.74) is 1.16. The van der Waals surface area contributed by atoms with Gasteiger partial charge in [-0.3, -0.25) is 4.79 Å². The highest BCUT2D eigenvalue weighted by Gasteiger charge is 2.27. The van der Waals surface area contributed by atoms with Gasteiger partial charge in [0.25, 0.3) is 0 Å². The van der Waals surface area contributed by atoms with E-state index in [9.17, 15) is 4.79 Å². The molecule has 15 heavy (non-hydrogen) atoms. The summed E-state index contributed by atoms with van der Waals surface area (Å²) in [6, 6.07) is 9.98. The van der Waals surface area contributed by atoms with Crippen molar-refractivity contribution in [2.75, 3.05) is 6.54 Å². The average molecular weight is 199 g/mol. The molecule has 1 aliphatic rings. The molecule has 2 rings (SSSR count). The Kier molecular flexibility index (Phi) is 2.73. The van der Waals surface area contributed by atoms with Crippen LogP contribution in [0.25, 0.3) is 0 Å². The number of nitrogens with zero attached hydrogens (tertiary/aromatic N) is 1. The van der Waals surface area contributed by atoms with Gasteiger partial charge in [0.1, 0.15) is 0 Å². The smallest absolute Gasteiger partial charge is 0.224 e. The number of hydrogen-bond acceptors (Lipinski definition) is 1. The van der Waals surface area contributed by atoms with Gasteiger partial charge in [-0.15, -0.1) is 12.3 Å². The fourth-order valence-corrected chi connectivity index (χ4v) is 1.84. The van der Waals surface area contributed by atoms with Crippen molar-refractivity contribution in [2.24, 2.45) is 5.92 Å². The Labute approximate surface area is 89.9 Å². The van der Waals surface area contributed by atoms with Gasteiger partial charge < -0.3 is 4.90 Å². The van der Waals surface area contributed by atoms with Gasteiger partial charge in [0.2, 0.25) is 5.91 Å². The standard InChI is InChI=1S/C13H13NO/c1-2-11-8-13(15)14(9-11)10-12-6-4-3-5-7-12/h1,3-7,11H,8-10H2/t11-/m1/s1. The topological polar surface area (TPSA) is 20.3 Å². The van der Waals surface area contributed by atoms with Crippen molar-refractivity contribution in [1.29, 1.82) is 0 Å². The Balaban J connectivity index is 2.02. The van der Waals surface area contributed by atoms with Crippen LogP contribution >= 0.6 is 0 Å². The van der Waals surface area contributed by atoms with Crippen LogP contribution in [-0.2, 0) is 11.3 Å². The molecule has 76 valence electrons. The maximum Gasteiger partial charge on any atom is 0.224 e. The van der Waals surface area contributed by atoms with Crippen LogP contribution in [0.15, 0.2) is 30.3 Å². The molecule has 0 aromatic heterocycles. The highest BCUT2D eigenvalue weighted by molar-refractivity contribution is 5.79. The van der Waals surface area contributed by atoms with E-state index >= 15 is 0 Å². The molecule has 2 heteroatoms. The van der Waals surface area contributed by atoms with Crippen LogP contribution in [0.4, 0.5) is 0 Å². The monoisotopic (exact) mass is 199 g/mol. The third kappa shape index (κ3) is 2.19. The van der Waals surface area contributed by atoms with E-state index in [0.717, 1.165) is 5.56 Å². The number of terminal acetylenes is 1. The van der Waals surface area contributed by atoms with E-state index in [2.05, 4.69) is 5.92 Å². The predicted octanol–water partition coefficient (Wildman–Crippen LogP) is 1.67. The van der Waals surface area contributed by atoms with Crippen LogP contribution in [0.5, 0.6) is 0 Å². The van der Waals surface area contributed by atoms with E-state index in [0.29, 0.717) is 19.5 Å². The van der Waals surface area contributed by atoms with Crippen LogP contribution in [0.3, 0.4) is 0 Å². The van der Waals surface area contributed by atoms with E-state index in [1.165, 1.54) is 0 Å². The van der Waals surface area contributed by atoms with Gasteiger partial charge in [0, 0.05) is 25.4 Å². The van der Waals surface area contributed by atoms with Crippen LogP contribution in [0.2, 0.25) is 0 Å². The Morgan fingerprint density at radius 1 is 1.40 bits per heavy atom.